The summed E-state index contributed by atoms with van der Waals surface area (Å²) in [6, 6.07) is 7.24. The number of ether oxygens (including phenoxy) is 2. The first-order chi connectivity index (χ1) is 11.8. The van der Waals surface area contributed by atoms with Gasteiger partial charge in [-0.15, -0.1) is 0 Å². The molecule has 2 aromatic heterocycles. The highest BCUT2D eigenvalue weighted by molar-refractivity contribution is 5.81. The predicted molar refractivity (Wildman–Crippen MR) is 82.7 cm³/mol. The topological polar surface area (TPSA) is 87.9 Å². The van der Waals surface area contributed by atoms with Gasteiger partial charge in [0.15, 0.2) is 5.75 Å². The number of nitrogens with zero attached hydrogens (tertiary/aromatic N) is 2. The van der Waals surface area contributed by atoms with Crippen LogP contribution in [0.3, 0.4) is 0 Å². The van der Waals surface area contributed by atoms with Crippen LogP contribution in [0.2, 0.25) is 0 Å². The zero-order chi connectivity index (χ0) is 16.5. The minimum atomic E-state index is 0.484. The summed E-state index contributed by atoms with van der Waals surface area (Å²) < 4.78 is 15.6. The van der Waals surface area contributed by atoms with Gasteiger partial charge in [0.1, 0.15) is 12.0 Å². The van der Waals surface area contributed by atoms with Crippen molar-refractivity contribution in [2.45, 2.75) is 0 Å². The van der Waals surface area contributed by atoms with Gasteiger partial charge >= 0.3 is 0 Å². The van der Waals surface area contributed by atoms with Crippen LogP contribution in [0.15, 0.2) is 41.2 Å². The number of nitrogens with one attached hydrogen (secondary N) is 1. The van der Waals surface area contributed by atoms with E-state index in [1.807, 2.05) is 6.07 Å². The third-order valence-electron chi connectivity index (χ3n) is 3.64. The van der Waals surface area contributed by atoms with Crippen molar-refractivity contribution in [1.29, 1.82) is 0 Å². The number of methoxy groups -OCH3 is 2. The second kappa shape index (κ2) is 5.74. The molecule has 3 heterocycles. The van der Waals surface area contributed by atoms with Crippen molar-refractivity contribution >= 4 is 0 Å². The van der Waals surface area contributed by atoms with Crippen LogP contribution >= 0.6 is 0 Å². The molecule has 1 N–H and O–H groups in total. The Balaban J connectivity index is 1.80. The minimum absolute atomic E-state index is 0.484. The molecule has 24 heavy (non-hydrogen) atoms. The van der Waals surface area contributed by atoms with Crippen LogP contribution in [0.5, 0.6) is 23.1 Å². The van der Waals surface area contributed by atoms with E-state index in [-0.39, 0.29) is 0 Å². The van der Waals surface area contributed by atoms with Gasteiger partial charge in [-0.25, -0.2) is 4.98 Å². The van der Waals surface area contributed by atoms with Gasteiger partial charge in [-0.3, -0.25) is 0 Å². The molecule has 3 aromatic rings. The molecule has 4 rings (SSSR count). The van der Waals surface area contributed by atoms with Gasteiger partial charge in [0.05, 0.1) is 19.8 Å². The molecule has 0 saturated carbocycles. The Morgan fingerprint density at radius 1 is 1.04 bits per heavy atom. The average Bonchev–Trinajstić information content (AvgIpc) is 3.29. The molecule has 8 heteroatoms. The molecule has 0 fully saturated rings. The van der Waals surface area contributed by atoms with Crippen molar-refractivity contribution in [2.24, 2.45) is 0 Å². The van der Waals surface area contributed by atoms with Crippen LogP contribution in [0.25, 0.3) is 22.4 Å². The number of fused-ring (bicyclic) bond motifs is 1. The Bertz CT molecular complexity index is 876. The quantitative estimate of drug-likeness (QED) is 0.782. The molecule has 0 amide bonds. The summed E-state index contributed by atoms with van der Waals surface area (Å²) >= 11 is 0. The Morgan fingerprint density at radius 3 is 2.71 bits per heavy atom. The summed E-state index contributed by atoms with van der Waals surface area (Å²) in [6.07, 6.45) is 3.26. The fourth-order valence-corrected chi connectivity index (χ4v) is 2.46. The summed E-state index contributed by atoms with van der Waals surface area (Å²) in [7, 11) is 3.12. The number of pyridine rings is 1. The van der Waals surface area contributed by atoms with Crippen molar-refractivity contribution < 1.29 is 23.7 Å². The van der Waals surface area contributed by atoms with Gasteiger partial charge in [0, 0.05) is 29.0 Å². The predicted octanol–water partition coefficient (Wildman–Crippen LogP) is 2.61. The van der Waals surface area contributed by atoms with E-state index in [0.29, 0.717) is 28.8 Å². The largest absolute Gasteiger partial charge is 0.493 e. The van der Waals surface area contributed by atoms with Crippen molar-refractivity contribution in [3.05, 3.63) is 36.7 Å². The summed E-state index contributed by atoms with van der Waals surface area (Å²) in [5.41, 5.74) is 5.38. The Kier molecular flexibility index (Phi) is 3.43. The highest BCUT2D eigenvalue weighted by atomic mass is 16.9. The SMILES string of the molecule is COc1ccc(-c2conc2-c2cc(OC)c3c(c2)ONO3)cn1. The highest BCUT2D eigenvalue weighted by Gasteiger charge is 2.24. The second-order valence-corrected chi connectivity index (χ2v) is 4.96. The van der Waals surface area contributed by atoms with E-state index in [0.717, 1.165) is 16.7 Å². The zero-order valence-electron chi connectivity index (χ0n) is 12.9. The maximum absolute atomic E-state index is 5.34. The van der Waals surface area contributed by atoms with Gasteiger partial charge < -0.3 is 23.7 Å². The van der Waals surface area contributed by atoms with Crippen LogP contribution < -0.4 is 24.8 Å². The monoisotopic (exact) mass is 327 g/mol. The molecule has 1 aliphatic rings. The lowest BCUT2D eigenvalue weighted by Crippen LogP contribution is -2.14. The molecule has 0 spiro atoms. The summed E-state index contributed by atoms with van der Waals surface area (Å²) in [5, 5.41) is 4.10. The van der Waals surface area contributed by atoms with Crippen molar-refractivity contribution in [2.75, 3.05) is 14.2 Å². The third-order valence-corrected chi connectivity index (χ3v) is 3.64. The molecule has 0 aliphatic carbocycles. The number of hydrogen-bond donors (Lipinski definition) is 1. The first-order valence-electron chi connectivity index (χ1n) is 7.06. The number of rotatable bonds is 4. The van der Waals surface area contributed by atoms with Crippen LogP contribution in [0, 0.1) is 0 Å². The molecular formula is C16H13N3O5. The summed E-state index contributed by atoms with van der Waals surface area (Å²) in [6.45, 7) is 0. The maximum atomic E-state index is 5.34. The fourth-order valence-electron chi connectivity index (χ4n) is 2.46. The first-order valence-corrected chi connectivity index (χ1v) is 7.06. The molecule has 8 nitrogen and oxygen atoms in total. The standard InChI is InChI=1S/C16H13N3O5/c1-20-12-5-10(6-13-16(12)24-19-23-13)15-11(8-22-18-15)9-3-4-14(21-2)17-7-9/h3-8,19H,1-2H3. The number of hydrogen-bond acceptors (Lipinski definition) is 8. The van der Waals surface area contributed by atoms with E-state index in [2.05, 4.69) is 15.8 Å². The van der Waals surface area contributed by atoms with Crippen molar-refractivity contribution in [3.63, 3.8) is 0 Å². The Hall–Kier alpha value is -3.26. The molecule has 0 bridgehead atoms. The van der Waals surface area contributed by atoms with E-state index in [1.165, 1.54) is 0 Å². The van der Waals surface area contributed by atoms with E-state index < -0.39 is 0 Å². The molecule has 1 aliphatic heterocycles. The van der Waals surface area contributed by atoms with Gasteiger partial charge in [-0.1, -0.05) is 5.16 Å². The van der Waals surface area contributed by atoms with Gasteiger partial charge in [-0.05, 0) is 18.2 Å². The van der Waals surface area contributed by atoms with Gasteiger partial charge in [0.2, 0.25) is 17.4 Å². The van der Waals surface area contributed by atoms with E-state index >= 15 is 0 Å². The molecular weight excluding hydrogens is 314 g/mol. The third kappa shape index (κ3) is 2.29. The molecule has 122 valence electrons. The van der Waals surface area contributed by atoms with E-state index in [4.69, 9.17) is 23.7 Å². The molecule has 1 aromatic carbocycles. The smallest absolute Gasteiger partial charge is 0.237 e. The lowest BCUT2D eigenvalue weighted by molar-refractivity contribution is 0.0248. The Labute approximate surface area is 136 Å². The van der Waals surface area contributed by atoms with E-state index in [9.17, 15) is 0 Å². The molecule has 0 saturated heterocycles. The van der Waals surface area contributed by atoms with Gasteiger partial charge in [-0.2, -0.15) is 0 Å². The molecule has 0 unspecified atom stereocenters. The van der Waals surface area contributed by atoms with Crippen LogP contribution in [-0.4, -0.2) is 24.4 Å². The normalized spacial score (nSPS) is 12.2. The minimum Gasteiger partial charge on any atom is -0.493 e. The van der Waals surface area contributed by atoms with Crippen molar-refractivity contribution in [1.82, 2.24) is 15.8 Å². The molecule has 0 radical (unpaired) electrons. The van der Waals surface area contributed by atoms with Crippen LogP contribution in [0.4, 0.5) is 0 Å². The Morgan fingerprint density at radius 2 is 1.96 bits per heavy atom. The average molecular weight is 327 g/mol. The van der Waals surface area contributed by atoms with Crippen LogP contribution in [-0.2, 0) is 0 Å². The lowest BCUT2D eigenvalue weighted by atomic mass is 10.0. The summed E-state index contributed by atoms with van der Waals surface area (Å²) in [5.74, 6) is 2.05. The summed E-state index contributed by atoms with van der Waals surface area (Å²) in [4.78, 5) is 14.6. The van der Waals surface area contributed by atoms with Crippen LogP contribution in [0.1, 0.15) is 0 Å². The van der Waals surface area contributed by atoms with Crippen molar-refractivity contribution in [3.8, 4) is 45.5 Å². The zero-order valence-corrected chi connectivity index (χ0v) is 12.9. The number of aromatic nitrogens is 2. The highest BCUT2D eigenvalue weighted by Crippen LogP contribution is 2.44. The fraction of sp³-hybridized carbons (Fsp3) is 0.125. The van der Waals surface area contributed by atoms with E-state index in [1.54, 1.807) is 44.9 Å². The molecule has 0 atom stereocenters. The lowest BCUT2D eigenvalue weighted by Gasteiger charge is -2.07. The maximum Gasteiger partial charge on any atom is 0.237 e. The van der Waals surface area contributed by atoms with Gasteiger partial charge in [0.25, 0.3) is 0 Å². The second-order valence-electron chi connectivity index (χ2n) is 4.96. The number of benzene rings is 1. The first kappa shape index (κ1) is 14.3.